The highest BCUT2D eigenvalue weighted by molar-refractivity contribution is 8.22. The molecule has 2 atom stereocenters. The molecule has 1 aromatic carbocycles. The number of hydrogen-bond acceptors (Lipinski definition) is 5. The van der Waals surface area contributed by atoms with E-state index in [0.29, 0.717) is 0 Å². The Labute approximate surface area is 144 Å². The summed E-state index contributed by atoms with van der Waals surface area (Å²) < 4.78 is 6.60. The van der Waals surface area contributed by atoms with E-state index >= 15 is 0 Å². The third-order valence-corrected chi connectivity index (χ3v) is 6.48. The van der Waals surface area contributed by atoms with Crippen LogP contribution in [0.5, 0.6) is 0 Å². The molecule has 0 unspecified atom stereocenters. The Hall–Kier alpha value is -1.40. The fraction of sp³-hybridized carbons (Fsp3) is 0.412. The molecule has 2 heterocycles. The van der Waals surface area contributed by atoms with Gasteiger partial charge in [-0.2, -0.15) is 0 Å². The van der Waals surface area contributed by atoms with Gasteiger partial charge >= 0.3 is 6.09 Å². The molecule has 122 valence electrons. The maximum Gasteiger partial charge on any atom is 0.417 e. The number of imide groups is 1. The van der Waals surface area contributed by atoms with Gasteiger partial charge < -0.3 is 4.74 Å². The maximum atomic E-state index is 12.4. The zero-order valence-electron chi connectivity index (χ0n) is 12.9. The fourth-order valence-corrected chi connectivity index (χ4v) is 5.11. The summed E-state index contributed by atoms with van der Waals surface area (Å²) in [6.07, 6.45) is 2.45. The third-order valence-electron chi connectivity index (χ3n) is 3.89. The highest BCUT2D eigenvalue weighted by Gasteiger charge is 2.42. The highest BCUT2D eigenvalue weighted by atomic mass is 32.2. The van der Waals surface area contributed by atoms with Crippen LogP contribution >= 0.6 is 23.5 Å². The number of carbonyl (C=O) groups is 2. The van der Waals surface area contributed by atoms with E-state index < -0.39 is 12.2 Å². The number of hydrogen-bond donors (Lipinski definition) is 0. The molecule has 2 fully saturated rings. The number of carbonyl (C=O) groups excluding carboxylic acids is 2. The molecular formula is C17H19NO3S2. The number of amides is 2. The van der Waals surface area contributed by atoms with Gasteiger partial charge in [-0.15, -0.1) is 23.5 Å². The van der Waals surface area contributed by atoms with Crippen molar-refractivity contribution in [3.8, 4) is 0 Å². The molecule has 0 aromatic heterocycles. The Kier molecular flexibility index (Phi) is 5.33. The minimum atomic E-state index is -0.543. The molecule has 23 heavy (non-hydrogen) atoms. The van der Waals surface area contributed by atoms with E-state index in [4.69, 9.17) is 4.74 Å². The van der Waals surface area contributed by atoms with Crippen molar-refractivity contribution in [2.75, 3.05) is 11.5 Å². The van der Waals surface area contributed by atoms with Crippen molar-refractivity contribution in [2.45, 2.75) is 31.9 Å². The SMILES string of the molecule is C[C@@H]1[C@H](c2ccccc2)OC(=O)N1C(=O)CC=C1SCCCS1. The quantitative estimate of drug-likeness (QED) is 0.818. The molecule has 0 N–H and O–H groups in total. The van der Waals surface area contributed by atoms with Crippen LogP contribution in [0.15, 0.2) is 40.6 Å². The van der Waals surface area contributed by atoms with E-state index in [-0.39, 0.29) is 18.4 Å². The lowest BCUT2D eigenvalue weighted by molar-refractivity contribution is -0.128. The summed E-state index contributed by atoms with van der Waals surface area (Å²) in [4.78, 5) is 25.8. The molecule has 0 radical (unpaired) electrons. The average molecular weight is 349 g/mol. The number of nitrogens with zero attached hydrogens (tertiary/aromatic N) is 1. The normalized spacial score (nSPS) is 24.5. The van der Waals surface area contributed by atoms with Gasteiger partial charge in [-0.05, 0) is 30.4 Å². The second kappa shape index (κ2) is 7.45. The van der Waals surface area contributed by atoms with E-state index in [1.54, 1.807) is 23.5 Å². The summed E-state index contributed by atoms with van der Waals surface area (Å²) in [6.45, 7) is 1.86. The van der Waals surface area contributed by atoms with Gasteiger partial charge in [-0.25, -0.2) is 9.69 Å². The molecule has 3 rings (SSSR count). The predicted molar refractivity (Wildman–Crippen MR) is 94.2 cm³/mol. The van der Waals surface area contributed by atoms with Gasteiger partial charge in [-0.1, -0.05) is 36.4 Å². The molecule has 0 aliphatic carbocycles. The molecule has 4 nitrogen and oxygen atoms in total. The summed E-state index contributed by atoms with van der Waals surface area (Å²) in [7, 11) is 0. The average Bonchev–Trinajstić information content (AvgIpc) is 2.89. The zero-order chi connectivity index (χ0) is 16.2. The summed E-state index contributed by atoms with van der Waals surface area (Å²) in [5, 5.41) is 0. The molecule has 2 saturated heterocycles. The largest absolute Gasteiger partial charge is 0.439 e. The zero-order valence-corrected chi connectivity index (χ0v) is 14.6. The predicted octanol–water partition coefficient (Wildman–Crippen LogP) is 4.20. The number of benzene rings is 1. The van der Waals surface area contributed by atoms with Crippen LogP contribution in [0.2, 0.25) is 0 Å². The van der Waals surface area contributed by atoms with Crippen LogP contribution in [0.4, 0.5) is 4.79 Å². The molecule has 1 aromatic rings. The molecule has 6 heteroatoms. The van der Waals surface area contributed by atoms with Crippen molar-refractivity contribution in [2.24, 2.45) is 0 Å². The van der Waals surface area contributed by atoms with Crippen molar-refractivity contribution in [1.82, 2.24) is 4.90 Å². The second-order valence-corrected chi connectivity index (χ2v) is 8.03. The van der Waals surface area contributed by atoms with Crippen molar-refractivity contribution in [3.05, 3.63) is 46.2 Å². The Morgan fingerprint density at radius 1 is 1.30 bits per heavy atom. The van der Waals surface area contributed by atoms with Crippen LogP contribution in [0.25, 0.3) is 0 Å². The minimum absolute atomic E-state index is 0.194. The van der Waals surface area contributed by atoms with Gasteiger partial charge in [0.2, 0.25) is 5.91 Å². The summed E-state index contributed by atoms with van der Waals surface area (Å²) in [6, 6.07) is 9.27. The van der Waals surface area contributed by atoms with Crippen molar-refractivity contribution in [1.29, 1.82) is 0 Å². The van der Waals surface area contributed by atoms with Crippen LogP contribution in [0.3, 0.4) is 0 Å². The Morgan fingerprint density at radius 3 is 2.70 bits per heavy atom. The lowest BCUT2D eigenvalue weighted by atomic mass is 10.0. The summed E-state index contributed by atoms with van der Waals surface area (Å²) >= 11 is 3.57. The first kappa shape index (κ1) is 16.5. The van der Waals surface area contributed by atoms with Crippen LogP contribution in [-0.2, 0) is 9.53 Å². The standard InChI is InChI=1S/C17H19NO3S2/c1-12-16(13-6-3-2-4-7-13)21-17(20)18(12)14(19)8-9-15-22-10-5-11-23-15/h2-4,6-7,9,12,16H,5,8,10-11H2,1H3/t12-,16-/m1/s1. The molecular weight excluding hydrogens is 330 g/mol. The summed E-state index contributed by atoms with van der Waals surface area (Å²) in [5.41, 5.74) is 0.917. The number of ether oxygens (including phenoxy) is 1. The van der Waals surface area contributed by atoms with E-state index in [2.05, 4.69) is 0 Å². The smallest absolute Gasteiger partial charge is 0.417 e. The first-order valence-electron chi connectivity index (χ1n) is 7.70. The van der Waals surface area contributed by atoms with Crippen LogP contribution in [0.1, 0.15) is 31.4 Å². The number of rotatable bonds is 3. The molecule has 2 aliphatic heterocycles. The fourth-order valence-electron chi connectivity index (χ4n) is 2.72. The van der Waals surface area contributed by atoms with Crippen molar-refractivity contribution in [3.63, 3.8) is 0 Å². The first-order chi connectivity index (χ1) is 11.2. The highest BCUT2D eigenvalue weighted by Crippen LogP contribution is 2.36. The molecule has 0 bridgehead atoms. The number of cyclic esters (lactones) is 1. The van der Waals surface area contributed by atoms with Crippen LogP contribution in [-0.4, -0.2) is 34.4 Å². The maximum absolute atomic E-state index is 12.4. The van der Waals surface area contributed by atoms with Crippen molar-refractivity contribution >= 4 is 35.5 Å². The Bertz CT molecular complexity index is 610. The van der Waals surface area contributed by atoms with Gasteiger partial charge in [0, 0.05) is 10.7 Å². The molecule has 2 amide bonds. The van der Waals surface area contributed by atoms with E-state index in [0.717, 1.165) is 17.1 Å². The monoisotopic (exact) mass is 349 g/mol. The third kappa shape index (κ3) is 3.75. The van der Waals surface area contributed by atoms with Gasteiger partial charge in [0.25, 0.3) is 0 Å². The van der Waals surface area contributed by atoms with Gasteiger partial charge in [-0.3, -0.25) is 4.79 Å². The second-order valence-electron chi connectivity index (χ2n) is 5.50. The minimum Gasteiger partial charge on any atom is -0.439 e. The van der Waals surface area contributed by atoms with Gasteiger partial charge in [0.1, 0.15) is 6.10 Å². The van der Waals surface area contributed by atoms with E-state index in [1.165, 1.54) is 15.6 Å². The Balaban J connectivity index is 1.67. The molecule has 0 saturated carbocycles. The molecule has 0 spiro atoms. The molecule has 2 aliphatic rings. The Morgan fingerprint density at radius 2 is 2.00 bits per heavy atom. The van der Waals surface area contributed by atoms with Crippen LogP contribution in [0, 0.1) is 0 Å². The van der Waals surface area contributed by atoms with E-state index in [1.807, 2.05) is 43.3 Å². The lowest BCUT2D eigenvalue weighted by Gasteiger charge is -2.19. The first-order valence-corrected chi connectivity index (χ1v) is 9.67. The van der Waals surface area contributed by atoms with Crippen molar-refractivity contribution < 1.29 is 14.3 Å². The topological polar surface area (TPSA) is 46.6 Å². The van der Waals surface area contributed by atoms with Gasteiger partial charge in [0.05, 0.1) is 6.04 Å². The van der Waals surface area contributed by atoms with Crippen LogP contribution < -0.4 is 0 Å². The number of thioether (sulfide) groups is 2. The van der Waals surface area contributed by atoms with E-state index in [9.17, 15) is 9.59 Å². The summed E-state index contributed by atoms with van der Waals surface area (Å²) in [5.74, 6) is 2.01. The van der Waals surface area contributed by atoms with Gasteiger partial charge in [0.15, 0.2) is 0 Å². The lowest BCUT2D eigenvalue weighted by Crippen LogP contribution is -2.37.